The Hall–Kier alpha value is -5.25. The Morgan fingerprint density at radius 3 is 2.54 bits per heavy atom. The number of benzene rings is 3. The second-order valence-corrected chi connectivity index (χ2v) is 9.79. The van der Waals surface area contributed by atoms with E-state index >= 15 is 0 Å². The molecule has 2 heterocycles. The number of carboxylic acids is 1. The first-order chi connectivity index (χ1) is 19.9. The average molecular weight is 552 g/mol. The molecule has 1 unspecified atom stereocenters. The first-order valence-electron chi connectivity index (χ1n) is 13.2. The number of nitrogens with zero attached hydrogens (tertiary/aromatic N) is 2. The molecule has 41 heavy (non-hydrogen) atoms. The maximum absolute atomic E-state index is 13.2. The fourth-order valence-electron chi connectivity index (χ4n) is 4.85. The van der Waals surface area contributed by atoms with Crippen molar-refractivity contribution >= 4 is 46.1 Å². The maximum atomic E-state index is 13.2. The summed E-state index contributed by atoms with van der Waals surface area (Å²) >= 11 is 0. The molecule has 1 aromatic heterocycles. The summed E-state index contributed by atoms with van der Waals surface area (Å²) in [5.74, 6) is -2.09. The fourth-order valence-corrected chi connectivity index (χ4v) is 4.85. The number of anilines is 2. The van der Waals surface area contributed by atoms with E-state index in [0.717, 1.165) is 22.0 Å². The van der Waals surface area contributed by atoms with Gasteiger partial charge in [0.1, 0.15) is 6.42 Å². The van der Waals surface area contributed by atoms with E-state index in [1.54, 1.807) is 24.4 Å². The number of aliphatic carboxylic acids is 1. The maximum Gasteiger partial charge on any atom is 0.319 e. The number of amides is 4. The first kappa shape index (κ1) is 27.3. The molecule has 0 aliphatic carbocycles. The van der Waals surface area contributed by atoms with E-state index in [-0.39, 0.29) is 12.5 Å². The van der Waals surface area contributed by atoms with Gasteiger partial charge in [-0.05, 0) is 47.4 Å². The molecular weight excluding hydrogens is 522 g/mol. The molecule has 4 aromatic rings. The van der Waals surface area contributed by atoms with Gasteiger partial charge in [-0.25, -0.2) is 4.79 Å². The second kappa shape index (κ2) is 12.3. The Balaban J connectivity index is 1.22. The molecule has 0 bridgehead atoms. The summed E-state index contributed by atoms with van der Waals surface area (Å²) in [5.41, 5.74) is 4.34. The first-order valence-corrected chi connectivity index (χ1v) is 13.2. The van der Waals surface area contributed by atoms with Gasteiger partial charge in [0, 0.05) is 36.0 Å². The van der Waals surface area contributed by atoms with Crippen molar-refractivity contribution in [2.75, 3.05) is 16.8 Å². The van der Waals surface area contributed by atoms with Crippen molar-refractivity contribution in [3.8, 4) is 0 Å². The summed E-state index contributed by atoms with van der Waals surface area (Å²) in [7, 11) is 0. The molecule has 0 saturated heterocycles. The molecule has 1 atom stereocenters. The Bertz CT molecular complexity index is 1610. The number of urea groups is 1. The fraction of sp³-hybridized carbons (Fsp3) is 0.194. The van der Waals surface area contributed by atoms with Crippen molar-refractivity contribution in [2.45, 2.75) is 31.8 Å². The lowest BCUT2D eigenvalue weighted by atomic mass is 10.0. The number of fused-ring (bicyclic) bond motifs is 2. The zero-order chi connectivity index (χ0) is 28.8. The Labute approximate surface area is 236 Å². The zero-order valence-electron chi connectivity index (χ0n) is 22.2. The molecule has 0 radical (unpaired) electrons. The lowest BCUT2D eigenvalue weighted by Gasteiger charge is -2.20. The van der Waals surface area contributed by atoms with Crippen LogP contribution in [0, 0.1) is 0 Å². The van der Waals surface area contributed by atoms with E-state index in [1.807, 2.05) is 60.7 Å². The second-order valence-electron chi connectivity index (χ2n) is 9.79. The molecule has 208 valence electrons. The lowest BCUT2D eigenvalue weighted by molar-refractivity contribution is -0.137. The van der Waals surface area contributed by atoms with Gasteiger partial charge in [-0.1, -0.05) is 54.6 Å². The van der Waals surface area contributed by atoms with Crippen LogP contribution in [-0.4, -0.2) is 40.5 Å². The zero-order valence-corrected chi connectivity index (χ0v) is 22.2. The van der Waals surface area contributed by atoms with Crippen LogP contribution in [0.4, 0.5) is 16.2 Å². The Morgan fingerprint density at radius 2 is 1.73 bits per heavy atom. The van der Waals surface area contributed by atoms with Crippen molar-refractivity contribution in [1.82, 2.24) is 15.6 Å². The van der Waals surface area contributed by atoms with E-state index in [2.05, 4.69) is 20.9 Å². The highest BCUT2D eigenvalue weighted by Crippen LogP contribution is 2.31. The molecule has 10 nitrogen and oxygen atoms in total. The van der Waals surface area contributed by atoms with Gasteiger partial charge in [0.05, 0.1) is 18.0 Å². The van der Waals surface area contributed by atoms with Crippen molar-refractivity contribution in [3.05, 3.63) is 102 Å². The number of rotatable bonds is 9. The highest BCUT2D eigenvalue weighted by Gasteiger charge is 2.28. The standard InChI is InChI=1S/C31H29N5O5/c37-28(35-26(16-30(39)40)23-14-22-8-4-5-9-25(22)32-19-23)17-29(38)36-13-12-21-10-11-24(15-27(21)36)34-31(41)33-18-20-6-2-1-3-7-20/h1-11,14-15,19,26H,12-13,16-18H2,(H,35,37)(H,39,40)(H2,33,34,41). The van der Waals surface area contributed by atoms with Gasteiger partial charge in [-0.2, -0.15) is 0 Å². The molecule has 1 aliphatic heterocycles. The van der Waals surface area contributed by atoms with Gasteiger partial charge in [-0.15, -0.1) is 0 Å². The summed E-state index contributed by atoms with van der Waals surface area (Å²) in [5, 5.41) is 18.5. The minimum Gasteiger partial charge on any atom is -0.481 e. The van der Waals surface area contributed by atoms with Gasteiger partial charge in [0.2, 0.25) is 11.8 Å². The summed E-state index contributed by atoms with van der Waals surface area (Å²) in [4.78, 5) is 55.9. The largest absolute Gasteiger partial charge is 0.481 e. The predicted octanol–water partition coefficient (Wildman–Crippen LogP) is 4.17. The van der Waals surface area contributed by atoms with E-state index in [9.17, 15) is 24.3 Å². The molecule has 0 fully saturated rings. The van der Waals surface area contributed by atoms with Gasteiger partial charge in [0.15, 0.2) is 0 Å². The van der Waals surface area contributed by atoms with E-state index in [1.165, 1.54) is 4.90 Å². The van der Waals surface area contributed by atoms with Crippen LogP contribution in [0.1, 0.15) is 35.6 Å². The number of pyridine rings is 1. The molecule has 4 N–H and O–H groups in total. The number of aromatic nitrogens is 1. The van der Waals surface area contributed by atoms with Gasteiger partial charge < -0.3 is 26.0 Å². The van der Waals surface area contributed by atoms with Gasteiger partial charge in [-0.3, -0.25) is 19.4 Å². The van der Waals surface area contributed by atoms with E-state index in [0.29, 0.717) is 36.4 Å². The summed E-state index contributed by atoms with van der Waals surface area (Å²) in [6.45, 7) is 0.772. The van der Waals surface area contributed by atoms with Crippen LogP contribution in [0.25, 0.3) is 10.9 Å². The summed E-state index contributed by atoms with van der Waals surface area (Å²) in [6, 6.07) is 22.8. The molecular formula is C31H29N5O5. The van der Waals surface area contributed by atoms with Gasteiger partial charge in [0.25, 0.3) is 0 Å². The van der Waals surface area contributed by atoms with Crippen LogP contribution >= 0.6 is 0 Å². The van der Waals surface area contributed by atoms with Crippen molar-refractivity contribution < 1.29 is 24.3 Å². The third-order valence-electron chi connectivity index (χ3n) is 6.88. The number of para-hydroxylation sites is 1. The third kappa shape index (κ3) is 6.85. The molecule has 5 rings (SSSR count). The molecule has 1 aliphatic rings. The van der Waals surface area contributed by atoms with Crippen LogP contribution < -0.4 is 20.9 Å². The predicted molar refractivity (Wildman–Crippen MR) is 154 cm³/mol. The number of nitrogens with one attached hydrogen (secondary N) is 3. The number of carbonyl (C=O) groups is 4. The monoisotopic (exact) mass is 551 g/mol. The van der Waals surface area contributed by atoms with Crippen molar-refractivity contribution in [1.29, 1.82) is 0 Å². The normalized spacial score (nSPS) is 12.8. The van der Waals surface area contributed by atoms with Crippen LogP contribution in [0.2, 0.25) is 0 Å². The van der Waals surface area contributed by atoms with Crippen LogP contribution in [0.3, 0.4) is 0 Å². The molecule has 10 heteroatoms. The minimum atomic E-state index is -1.09. The number of carbonyl (C=O) groups excluding carboxylic acids is 3. The Kier molecular flexibility index (Phi) is 8.19. The Morgan fingerprint density at radius 1 is 0.951 bits per heavy atom. The molecule has 0 spiro atoms. The van der Waals surface area contributed by atoms with Crippen LogP contribution in [0.5, 0.6) is 0 Å². The number of hydrogen-bond acceptors (Lipinski definition) is 5. The quantitative estimate of drug-likeness (QED) is 0.230. The van der Waals surface area contributed by atoms with E-state index < -0.39 is 30.2 Å². The average Bonchev–Trinajstić information content (AvgIpc) is 3.39. The van der Waals surface area contributed by atoms with Crippen LogP contribution in [-0.2, 0) is 27.3 Å². The molecule has 4 amide bonds. The molecule has 3 aromatic carbocycles. The highest BCUT2D eigenvalue weighted by molar-refractivity contribution is 6.06. The van der Waals surface area contributed by atoms with Crippen molar-refractivity contribution in [2.24, 2.45) is 0 Å². The lowest BCUT2D eigenvalue weighted by Crippen LogP contribution is -2.37. The van der Waals surface area contributed by atoms with Crippen LogP contribution in [0.15, 0.2) is 85.1 Å². The summed E-state index contributed by atoms with van der Waals surface area (Å²) < 4.78 is 0. The smallest absolute Gasteiger partial charge is 0.319 e. The minimum absolute atomic E-state index is 0.353. The van der Waals surface area contributed by atoms with E-state index in [4.69, 9.17) is 0 Å². The topological polar surface area (TPSA) is 141 Å². The van der Waals surface area contributed by atoms with Gasteiger partial charge >= 0.3 is 12.0 Å². The highest BCUT2D eigenvalue weighted by atomic mass is 16.4. The summed E-state index contributed by atoms with van der Waals surface area (Å²) in [6.07, 6.45) is 1.35. The molecule has 0 saturated carbocycles. The van der Waals surface area contributed by atoms with Crippen molar-refractivity contribution in [3.63, 3.8) is 0 Å². The number of carboxylic acid groups (broad SMARTS) is 1. The third-order valence-corrected chi connectivity index (χ3v) is 6.88. The number of hydrogen-bond donors (Lipinski definition) is 4. The SMILES string of the molecule is O=C(O)CC(NC(=O)CC(=O)N1CCc2ccc(NC(=O)NCc3ccccc3)cc21)c1cnc2ccccc2c1.